The Hall–Kier alpha value is -1.87. The minimum absolute atomic E-state index is 0.139. The molecule has 3 nitrogen and oxygen atoms in total. The van der Waals surface area contributed by atoms with Gasteiger partial charge in [-0.15, -0.1) is 0 Å². The minimum Gasteiger partial charge on any atom is -0.279 e. The average molecular weight is 300 g/mol. The van der Waals surface area contributed by atoms with E-state index in [1.807, 2.05) is 36.4 Å². The Morgan fingerprint density at radius 1 is 1.10 bits per heavy atom. The average Bonchev–Trinajstić information content (AvgIpc) is 2.75. The van der Waals surface area contributed by atoms with E-state index in [2.05, 4.69) is 30.3 Å². The van der Waals surface area contributed by atoms with Gasteiger partial charge < -0.3 is 0 Å². The van der Waals surface area contributed by atoms with Gasteiger partial charge in [0.1, 0.15) is 11.3 Å². The summed E-state index contributed by atoms with van der Waals surface area (Å²) in [6, 6.07) is 11.7. The lowest BCUT2D eigenvalue weighted by Gasteiger charge is -2.19. The van der Waals surface area contributed by atoms with Crippen LogP contribution in [0.5, 0.6) is 0 Å². The molecule has 0 atom stereocenters. The normalized spacial score (nSPS) is 12.0. The van der Waals surface area contributed by atoms with E-state index in [4.69, 9.17) is 16.6 Å². The van der Waals surface area contributed by atoms with Gasteiger partial charge in [0.15, 0.2) is 5.65 Å². The molecule has 0 spiro atoms. The Kier molecular flexibility index (Phi) is 3.46. The zero-order valence-corrected chi connectivity index (χ0v) is 13.2. The number of imidazole rings is 1. The molecule has 0 bridgehead atoms. The molecular formula is C17H18ClN3. The van der Waals surface area contributed by atoms with Gasteiger partial charge in [-0.2, -0.15) is 0 Å². The number of nitrogens with zero attached hydrogens (tertiary/aromatic N) is 3. The smallest absolute Gasteiger partial charge is 0.164 e. The molecule has 0 aliphatic rings. The van der Waals surface area contributed by atoms with Crippen molar-refractivity contribution in [3.8, 4) is 5.69 Å². The van der Waals surface area contributed by atoms with E-state index in [1.165, 1.54) is 0 Å². The Morgan fingerprint density at radius 2 is 1.86 bits per heavy atom. The summed E-state index contributed by atoms with van der Waals surface area (Å²) in [5.74, 6) is 0.990. The molecule has 0 unspecified atom stereocenters. The molecule has 0 radical (unpaired) electrons. The Balaban J connectivity index is 2.28. The van der Waals surface area contributed by atoms with Gasteiger partial charge in [0.05, 0.1) is 10.7 Å². The van der Waals surface area contributed by atoms with Crippen LogP contribution in [0, 0.1) is 5.41 Å². The van der Waals surface area contributed by atoms with Gasteiger partial charge in [-0.05, 0) is 29.7 Å². The predicted octanol–water partition coefficient (Wildman–Crippen LogP) is 4.66. The number of para-hydroxylation sites is 1. The predicted molar refractivity (Wildman–Crippen MR) is 87.0 cm³/mol. The van der Waals surface area contributed by atoms with Crippen molar-refractivity contribution in [2.75, 3.05) is 0 Å². The van der Waals surface area contributed by atoms with Gasteiger partial charge in [-0.1, -0.05) is 44.5 Å². The molecular weight excluding hydrogens is 282 g/mol. The fraction of sp³-hybridized carbons (Fsp3) is 0.294. The first-order valence-electron chi connectivity index (χ1n) is 7.03. The van der Waals surface area contributed by atoms with Crippen LogP contribution in [0.1, 0.15) is 26.6 Å². The molecule has 0 fully saturated rings. The molecule has 2 aromatic heterocycles. The van der Waals surface area contributed by atoms with Crippen LogP contribution in [0.15, 0.2) is 42.6 Å². The van der Waals surface area contributed by atoms with E-state index in [-0.39, 0.29) is 5.41 Å². The fourth-order valence-corrected chi connectivity index (χ4v) is 2.66. The largest absolute Gasteiger partial charge is 0.279 e. The third-order valence-corrected chi connectivity index (χ3v) is 3.59. The molecule has 1 aromatic carbocycles. The molecule has 4 heteroatoms. The van der Waals surface area contributed by atoms with Crippen molar-refractivity contribution in [2.45, 2.75) is 27.2 Å². The number of benzene rings is 1. The molecule has 108 valence electrons. The zero-order chi connectivity index (χ0) is 15.0. The monoisotopic (exact) mass is 299 g/mol. The number of aromatic nitrogens is 3. The molecule has 3 aromatic rings. The first-order chi connectivity index (χ1) is 9.96. The van der Waals surface area contributed by atoms with Crippen LogP contribution >= 0.6 is 11.6 Å². The highest BCUT2D eigenvalue weighted by Gasteiger charge is 2.20. The van der Waals surface area contributed by atoms with Gasteiger partial charge in [0.2, 0.25) is 0 Å². The zero-order valence-electron chi connectivity index (χ0n) is 12.5. The van der Waals surface area contributed by atoms with Crippen LogP contribution in [0.2, 0.25) is 5.02 Å². The summed E-state index contributed by atoms with van der Waals surface area (Å²) in [7, 11) is 0. The van der Waals surface area contributed by atoms with E-state index in [0.29, 0.717) is 5.02 Å². The molecule has 21 heavy (non-hydrogen) atoms. The number of pyridine rings is 1. The molecule has 0 N–H and O–H groups in total. The van der Waals surface area contributed by atoms with E-state index in [0.717, 1.165) is 29.1 Å². The van der Waals surface area contributed by atoms with Crippen molar-refractivity contribution in [3.63, 3.8) is 0 Å². The third kappa shape index (κ3) is 2.79. The van der Waals surface area contributed by atoms with Gasteiger partial charge >= 0.3 is 0 Å². The summed E-state index contributed by atoms with van der Waals surface area (Å²) in [5.41, 5.74) is 2.82. The van der Waals surface area contributed by atoms with Crippen LogP contribution in [0.3, 0.4) is 0 Å². The van der Waals surface area contributed by atoms with Crippen LogP contribution in [0.25, 0.3) is 16.9 Å². The lowest BCUT2D eigenvalue weighted by Crippen LogP contribution is -2.14. The Bertz CT molecular complexity index is 784. The first-order valence-corrected chi connectivity index (χ1v) is 7.41. The lowest BCUT2D eigenvalue weighted by atomic mass is 9.92. The minimum atomic E-state index is 0.139. The summed E-state index contributed by atoms with van der Waals surface area (Å²) in [5, 5.41) is 0.706. The topological polar surface area (TPSA) is 30.7 Å². The van der Waals surface area contributed by atoms with Gasteiger partial charge in [0.25, 0.3) is 0 Å². The van der Waals surface area contributed by atoms with E-state index >= 15 is 0 Å². The quantitative estimate of drug-likeness (QED) is 0.689. The second-order valence-electron chi connectivity index (χ2n) is 6.40. The summed E-state index contributed by atoms with van der Waals surface area (Å²) >= 11 is 6.38. The second-order valence-corrected chi connectivity index (χ2v) is 6.81. The lowest BCUT2D eigenvalue weighted by molar-refractivity contribution is 0.399. The number of hydrogen-bond donors (Lipinski definition) is 0. The maximum atomic E-state index is 6.38. The standard InChI is InChI=1S/C17H18ClN3/c1-17(2,3)11-15-20-13-8-6-10-19-16(13)21(15)14-9-5-4-7-12(14)18/h4-10H,11H2,1-3H3. The molecule has 0 saturated heterocycles. The second kappa shape index (κ2) is 5.15. The summed E-state index contributed by atoms with van der Waals surface area (Å²) in [6.45, 7) is 6.62. The van der Waals surface area contributed by atoms with Crippen LogP contribution in [-0.2, 0) is 6.42 Å². The summed E-state index contributed by atoms with van der Waals surface area (Å²) in [6.07, 6.45) is 2.65. The van der Waals surface area contributed by atoms with Crippen molar-refractivity contribution in [1.29, 1.82) is 0 Å². The summed E-state index contributed by atoms with van der Waals surface area (Å²) < 4.78 is 2.07. The first kappa shape index (κ1) is 14.1. The number of halogens is 1. The molecule has 2 heterocycles. The molecule has 0 aliphatic heterocycles. The third-order valence-electron chi connectivity index (χ3n) is 3.27. The van der Waals surface area contributed by atoms with Crippen LogP contribution in [-0.4, -0.2) is 14.5 Å². The van der Waals surface area contributed by atoms with E-state index in [1.54, 1.807) is 6.20 Å². The summed E-state index contributed by atoms with van der Waals surface area (Å²) in [4.78, 5) is 9.25. The van der Waals surface area contributed by atoms with Crippen molar-refractivity contribution >= 4 is 22.8 Å². The Morgan fingerprint density at radius 3 is 2.57 bits per heavy atom. The van der Waals surface area contributed by atoms with Crippen molar-refractivity contribution in [2.24, 2.45) is 5.41 Å². The van der Waals surface area contributed by atoms with Crippen molar-refractivity contribution in [1.82, 2.24) is 14.5 Å². The highest BCUT2D eigenvalue weighted by atomic mass is 35.5. The van der Waals surface area contributed by atoms with Crippen molar-refractivity contribution in [3.05, 3.63) is 53.4 Å². The van der Waals surface area contributed by atoms with Crippen LogP contribution in [0.4, 0.5) is 0 Å². The highest BCUT2D eigenvalue weighted by molar-refractivity contribution is 6.32. The van der Waals surface area contributed by atoms with E-state index < -0.39 is 0 Å². The molecule has 3 rings (SSSR count). The van der Waals surface area contributed by atoms with Gasteiger partial charge in [-0.25, -0.2) is 9.97 Å². The molecule has 0 saturated carbocycles. The maximum absolute atomic E-state index is 6.38. The number of hydrogen-bond acceptors (Lipinski definition) is 2. The van der Waals surface area contributed by atoms with Crippen LogP contribution < -0.4 is 0 Å². The fourth-order valence-electron chi connectivity index (χ4n) is 2.44. The van der Waals surface area contributed by atoms with Gasteiger partial charge in [0, 0.05) is 12.6 Å². The number of rotatable bonds is 2. The van der Waals surface area contributed by atoms with Crippen molar-refractivity contribution < 1.29 is 0 Å². The highest BCUT2D eigenvalue weighted by Crippen LogP contribution is 2.29. The Labute approximate surface area is 129 Å². The molecule has 0 aliphatic carbocycles. The van der Waals surface area contributed by atoms with Gasteiger partial charge in [-0.3, -0.25) is 4.57 Å². The molecule has 0 amide bonds. The van der Waals surface area contributed by atoms with E-state index in [9.17, 15) is 0 Å². The maximum Gasteiger partial charge on any atom is 0.164 e. The number of fused-ring (bicyclic) bond motifs is 1. The SMILES string of the molecule is CC(C)(C)Cc1nc2cccnc2n1-c1ccccc1Cl.